The first-order valence-electron chi connectivity index (χ1n) is 11.6. The van der Waals surface area contributed by atoms with Gasteiger partial charge in [0.1, 0.15) is 17.7 Å². The number of rotatable bonds is 6. The maximum atomic E-state index is 13.1. The molecule has 1 amide bonds. The summed E-state index contributed by atoms with van der Waals surface area (Å²) < 4.78 is 46.2. The van der Waals surface area contributed by atoms with E-state index in [1.807, 2.05) is 13.0 Å². The first-order valence-corrected chi connectivity index (χ1v) is 13.8. The summed E-state index contributed by atoms with van der Waals surface area (Å²) >= 11 is 12.3. The second-order valence-corrected chi connectivity index (χ2v) is 11.4. The predicted octanol–water partition coefficient (Wildman–Crippen LogP) is 4.42. The Kier molecular flexibility index (Phi) is 8.23. The van der Waals surface area contributed by atoms with Crippen LogP contribution in [0.5, 0.6) is 5.75 Å². The third kappa shape index (κ3) is 6.27. The summed E-state index contributed by atoms with van der Waals surface area (Å²) in [5, 5.41) is 5.54. The van der Waals surface area contributed by atoms with Crippen LogP contribution < -0.4 is 9.46 Å². The number of nitrogens with zero attached hydrogens (tertiary/aromatic N) is 2. The Morgan fingerprint density at radius 2 is 1.54 bits per heavy atom. The van der Waals surface area contributed by atoms with E-state index in [4.69, 9.17) is 27.9 Å². The topological polar surface area (TPSA) is 79.0 Å². The molecule has 2 aromatic carbocycles. The number of hydrogen-bond acceptors (Lipinski definition) is 6. The molecule has 0 aliphatic carbocycles. The highest BCUT2D eigenvalue weighted by Gasteiger charge is 2.32. The third-order valence-corrected chi connectivity index (χ3v) is 8.86. The molecule has 35 heavy (non-hydrogen) atoms. The number of hydrogen-bond donors (Lipinski definition) is 1. The molecule has 2 heterocycles. The number of amides is 1. The second kappa shape index (κ2) is 11.0. The molecular weight excluding hydrogens is 516 g/mol. The molecule has 2 aliphatic rings. The van der Waals surface area contributed by atoms with E-state index in [0.717, 1.165) is 61.5 Å². The van der Waals surface area contributed by atoms with Gasteiger partial charge in [0.25, 0.3) is 10.0 Å². The van der Waals surface area contributed by atoms with Crippen LogP contribution in [0.2, 0.25) is 10.0 Å². The van der Waals surface area contributed by atoms with Crippen molar-refractivity contribution in [3.63, 3.8) is 0 Å². The molecule has 0 spiro atoms. The lowest BCUT2D eigenvalue weighted by Crippen LogP contribution is -2.52. The van der Waals surface area contributed by atoms with Crippen molar-refractivity contribution in [2.75, 3.05) is 26.2 Å². The third-order valence-electron chi connectivity index (χ3n) is 6.60. The number of halogens is 3. The van der Waals surface area contributed by atoms with Gasteiger partial charge in [-0.2, -0.15) is 0 Å². The van der Waals surface area contributed by atoms with Gasteiger partial charge in [0.2, 0.25) is 5.91 Å². The standard InChI is InChI=1S/C24H28Cl2FN3O4S/c1-16-22(7-6-21(25)23(16)26)34-19-10-14-30(15-11-19)29-12-8-17(9-13-29)24(31)28-35(32,33)20-4-2-18(27)3-5-20/h2-7,17,19H,8-15H2,1H3,(H,28,31). The van der Waals surface area contributed by atoms with E-state index < -0.39 is 21.7 Å². The number of piperidine rings is 2. The van der Waals surface area contributed by atoms with Crippen molar-refractivity contribution in [2.24, 2.45) is 5.92 Å². The molecule has 1 N–H and O–H groups in total. The summed E-state index contributed by atoms with van der Waals surface area (Å²) in [5.74, 6) is -0.693. The van der Waals surface area contributed by atoms with Crippen LogP contribution in [0, 0.1) is 18.7 Å². The summed E-state index contributed by atoms with van der Waals surface area (Å²) in [7, 11) is -4.02. The second-order valence-electron chi connectivity index (χ2n) is 8.91. The summed E-state index contributed by atoms with van der Waals surface area (Å²) in [5.41, 5.74) is 0.836. The zero-order chi connectivity index (χ0) is 25.2. The molecule has 0 unspecified atom stereocenters. The van der Waals surface area contributed by atoms with Gasteiger partial charge in [-0.25, -0.2) is 27.5 Å². The van der Waals surface area contributed by atoms with E-state index in [1.54, 1.807) is 6.07 Å². The van der Waals surface area contributed by atoms with Gasteiger partial charge in [0.15, 0.2) is 0 Å². The lowest BCUT2D eigenvalue weighted by Gasteiger charge is -2.42. The predicted molar refractivity (Wildman–Crippen MR) is 132 cm³/mol. The Morgan fingerprint density at radius 3 is 2.14 bits per heavy atom. The zero-order valence-electron chi connectivity index (χ0n) is 19.3. The minimum atomic E-state index is -4.02. The molecule has 11 heteroatoms. The molecule has 4 rings (SSSR count). The number of hydrazine groups is 1. The van der Waals surface area contributed by atoms with Gasteiger partial charge in [-0.1, -0.05) is 23.2 Å². The minimum Gasteiger partial charge on any atom is -0.490 e. The molecule has 0 bridgehead atoms. The number of benzene rings is 2. The molecule has 2 saturated heterocycles. The molecular formula is C24H28Cl2FN3O4S. The summed E-state index contributed by atoms with van der Waals surface area (Å²) in [6.07, 6.45) is 2.92. The molecule has 0 radical (unpaired) electrons. The lowest BCUT2D eigenvalue weighted by molar-refractivity contribution is -0.128. The maximum absolute atomic E-state index is 13.1. The Morgan fingerprint density at radius 1 is 0.971 bits per heavy atom. The Bertz CT molecular complexity index is 1160. The van der Waals surface area contributed by atoms with Gasteiger partial charge in [-0.3, -0.25) is 4.79 Å². The van der Waals surface area contributed by atoms with Crippen LogP contribution in [-0.4, -0.2) is 56.6 Å². The van der Waals surface area contributed by atoms with Crippen molar-refractivity contribution < 1.29 is 22.3 Å². The number of carbonyl (C=O) groups excluding carboxylic acids is 1. The van der Waals surface area contributed by atoms with E-state index in [2.05, 4.69) is 14.7 Å². The van der Waals surface area contributed by atoms with Crippen LogP contribution in [0.15, 0.2) is 41.3 Å². The number of ether oxygens (including phenoxy) is 1. The van der Waals surface area contributed by atoms with Gasteiger partial charge in [-0.05, 0) is 69.0 Å². The van der Waals surface area contributed by atoms with Crippen molar-refractivity contribution >= 4 is 39.1 Å². The van der Waals surface area contributed by atoms with Gasteiger partial charge in [0, 0.05) is 37.7 Å². The van der Waals surface area contributed by atoms with E-state index in [9.17, 15) is 17.6 Å². The normalized spacial score (nSPS) is 19.0. The van der Waals surface area contributed by atoms with Crippen molar-refractivity contribution in [1.82, 2.24) is 14.7 Å². The van der Waals surface area contributed by atoms with Crippen LogP contribution in [0.3, 0.4) is 0 Å². The molecule has 190 valence electrons. The first-order chi connectivity index (χ1) is 16.6. The summed E-state index contributed by atoms with van der Waals surface area (Å²) in [6, 6.07) is 7.98. The molecule has 0 aromatic heterocycles. The van der Waals surface area contributed by atoms with Gasteiger partial charge in [-0.15, -0.1) is 0 Å². The van der Waals surface area contributed by atoms with E-state index in [1.165, 1.54) is 0 Å². The number of sulfonamides is 1. The zero-order valence-corrected chi connectivity index (χ0v) is 21.7. The van der Waals surface area contributed by atoms with Crippen LogP contribution in [0.1, 0.15) is 31.2 Å². The highest BCUT2D eigenvalue weighted by Crippen LogP contribution is 2.33. The summed E-state index contributed by atoms with van der Waals surface area (Å²) in [6.45, 7) is 4.91. The Labute approximate surface area is 215 Å². The monoisotopic (exact) mass is 543 g/mol. The smallest absolute Gasteiger partial charge is 0.264 e. The SMILES string of the molecule is Cc1c(OC2CCN(N3CCC(C(=O)NS(=O)(=O)c4ccc(F)cc4)CC3)CC2)ccc(Cl)c1Cl. The van der Waals surface area contributed by atoms with E-state index in [0.29, 0.717) is 36.0 Å². The van der Waals surface area contributed by atoms with Gasteiger partial charge >= 0.3 is 0 Å². The number of carbonyl (C=O) groups is 1. The maximum Gasteiger partial charge on any atom is 0.264 e. The van der Waals surface area contributed by atoms with Gasteiger partial charge < -0.3 is 4.74 Å². The van der Waals surface area contributed by atoms with Crippen LogP contribution in [0.25, 0.3) is 0 Å². The quantitative estimate of drug-likeness (QED) is 0.581. The van der Waals surface area contributed by atoms with Crippen molar-refractivity contribution in [3.8, 4) is 5.75 Å². The molecule has 2 fully saturated rings. The fraction of sp³-hybridized carbons (Fsp3) is 0.458. The molecule has 7 nitrogen and oxygen atoms in total. The minimum absolute atomic E-state index is 0.0853. The summed E-state index contributed by atoms with van der Waals surface area (Å²) in [4.78, 5) is 12.5. The van der Waals surface area contributed by atoms with Crippen molar-refractivity contribution in [1.29, 1.82) is 0 Å². The fourth-order valence-electron chi connectivity index (χ4n) is 4.48. The van der Waals surface area contributed by atoms with Crippen LogP contribution >= 0.6 is 23.2 Å². The highest BCUT2D eigenvalue weighted by molar-refractivity contribution is 7.90. The van der Waals surface area contributed by atoms with Gasteiger partial charge in [0.05, 0.1) is 14.9 Å². The average Bonchev–Trinajstić information content (AvgIpc) is 2.85. The van der Waals surface area contributed by atoms with Crippen molar-refractivity contribution in [3.05, 3.63) is 57.8 Å². The lowest BCUT2D eigenvalue weighted by atomic mass is 9.97. The molecule has 0 atom stereocenters. The van der Waals surface area contributed by atoms with Crippen LogP contribution in [-0.2, 0) is 14.8 Å². The largest absolute Gasteiger partial charge is 0.490 e. The van der Waals surface area contributed by atoms with Crippen molar-refractivity contribution in [2.45, 2.75) is 43.6 Å². The van der Waals surface area contributed by atoms with Crippen LogP contribution in [0.4, 0.5) is 4.39 Å². The molecule has 2 aromatic rings. The Hall–Kier alpha value is -1.91. The Balaban J connectivity index is 1.24. The number of nitrogens with one attached hydrogen (secondary N) is 1. The highest BCUT2D eigenvalue weighted by atomic mass is 35.5. The molecule has 0 saturated carbocycles. The fourth-order valence-corrected chi connectivity index (χ4v) is 5.89. The van der Waals surface area contributed by atoms with E-state index >= 15 is 0 Å². The molecule has 2 aliphatic heterocycles. The first kappa shape index (κ1) is 26.2. The van der Waals surface area contributed by atoms with E-state index in [-0.39, 0.29) is 16.9 Å². The average molecular weight is 544 g/mol.